The minimum Gasteiger partial charge on any atom is -0.313 e. The molecular formula is C15H29N3. The van der Waals surface area contributed by atoms with Crippen LogP contribution in [0.15, 0.2) is 0 Å². The Morgan fingerprint density at radius 3 is 2.61 bits per heavy atom. The molecule has 1 N–H and O–H groups in total. The number of rotatable bonds is 4. The molecule has 0 bridgehead atoms. The van der Waals surface area contributed by atoms with Crippen LogP contribution in [0.1, 0.15) is 45.4 Å². The molecule has 3 heterocycles. The van der Waals surface area contributed by atoms with Crippen molar-refractivity contribution in [2.75, 3.05) is 32.7 Å². The zero-order valence-corrected chi connectivity index (χ0v) is 11.9. The van der Waals surface area contributed by atoms with E-state index in [1.165, 1.54) is 71.2 Å². The van der Waals surface area contributed by atoms with Gasteiger partial charge in [0.1, 0.15) is 0 Å². The third kappa shape index (κ3) is 2.59. The highest BCUT2D eigenvalue weighted by atomic mass is 15.3. The predicted octanol–water partition coefficient (Wildman–Crippen LogP) is 1.69. The molecule has 3 unspecified atom stereocenters. The zero-order valence-electron chi connectivity index (χ0n) is 11.9. The Hall–Kier alpha value is -0.120. The van der Waals surface area contributed by atoms with Crippen LogP contribution in [-0.2, 0) is 0 Å². The maximum atomic E-state index is 3.73. The van der Waals surface area contributed by atoms with Gasteiger partial charge in [0.25, 0.3) is 0 Å². The molecule has 3 aliphatic rings. The topological polar surface area (TPSA) is 18.5 Å². The third-order valence-corrected chi connectivity index (χ3v) is 5.18. The maximum Gasteiger partial charge on any atom is 0.0264 e. The van der Waals surface area contributed by atoms with E-state index in [-0.39, 0.29) is 0 Å². The molecule has 3 heteroatoms. The van der Waals surface area contributed by atoms with Crippen LogP contribution in [-0.4, -0.2) is 60.6 Å². The highest BCUT2D eigenvalue weighted by Gasteiger charge is 2.41. The van der Waals surface area contributed by atoms with Crippen molar-refractivity contribution >= 4 is 0 Å². The van der Waals surface area contributed by atoms with Gasteiger partial charge in [-0.15, -0.1) is 0 Å². The molecule has 3 atom stereocenters. The number of fused-ring (bicyclic) bond motifs is 1. The highest BCUT2D eigenvalue weighted by Crippen LogP contribution is 2.32. The van der Waals surface area contributed by atoms with E-state index in [2.05, 4.69) is 22.0 Å². The third-order valence-electron chi connectivity index (χ3n) is 5.18. The molecule has 0 spiro atoms. The van der Waals surface area contributed by atoms with Gasteiger partial charge in [-0.05, 0) is 58.2 Å². The first-order valence-electron chi connectivity index (χ1n) is 8.10. The Balaban J connectivity index is 1.55. The summed E-state index contributed by atoms with van der Waals surface area (Å²) in [6.45, 7) is 8.83. The monoisotopic (exact) mass is 251 g/mol. The fourth-order valence-electron chi connectivity index (χ4n) is 4.30. The largest absolute Gasteiger partial charge is 0.313 e. The molecule has 3 nitrogen and oxygen atoms in total. The molecule has 104 valence electrons. The summed E-state index contributed by atoms with van der Waals surface area (Å²) in [5.41, 5.74) is 0. The van der Waals surface area contributed by atoms with Gasteiger partial charge in [-0.1, -0.05) is 6.92 Å². The Morgan fingerprint density at radius 1 is 0.944 bits per heavy atom. The van der Waals surface area contributed by atoms with Gasteiger partial charge in [0.2, 0.25) is 0 Å². The summed E-state index contributed by atoms with van der Waals surface area (Å²) in [6, 6.07) is 2.53. The lowest BCUT2D eigenvalue weighted by Gasteiger charge is -2.39. The lowest BCUT2D eigenvalue weighted by Crippen LogP contribution is -2.52. The van der Waals surface area contributed by atoms with E-state index < -0.39 is 0 Å². The van der Waals surface area contributed by atoms with Gasteiger partial charge in [-0.3, -0.25) is 9.80 Å². The molecule has 3 saturated heterocycles. The van der Waals surface area contributed by atoms with E-state index in [1.54, 1.807) is 0 Å². The lowest BCUT2D eigenvalue weighted by atomic mass is 9.99. The minimum absolute atomic E-state index is 0.758. The SMILES string of the molecule is CCCNC1CCCN(C2CCN3CCCC23)C1. The van der Waals surface area contributed by atoms with E-state index in [4.69, 9.17) is 0 Å². The van der Waals surface area contributed by atoms with Gasteiger partial charge in [0.15, 0.2) is 0 Å². The number of piperidine rings is 1. The zero-order chi connectivity index (χ0) is 12.4. The van der Waals surface area contributed by atoms with Gasteiger partial charge in [-0.2, -0.15) is 0 Å². The summed E-state index contributed by atoms with van der Waals surface area (Å²) in [4.78, 5) is 5.56. The molecular weight excluding hydrogens is 222 g/mol. The molecule has 0 saturated carbocycles. The van der Waals surface area contributed by atoms with Crippen molar-refractivity contribution in [3.63, 3.8) is 0 Å². The normalized spacial score (nSPS) is 38.2. The van der Waals surface area contributed by atoms with Crippen molar-refractivity contribution in [3.8, 4) is 0 Å². The van der Waals surface area contributed by atoms with E-state index in [9.17, 15) is 0 Å². The van der Waals surface area contributed by atoms with E-state index in [0.717, 1.165) is 18.1 Å². The molecule has 0 aliphatic carbocycles. The standard InChI is InChI=1S/C15H29N3/c1-2-8-16-13-5-3-10-18(12-13)15-7-11-17-9-4-6-14(15)17/h13-16H,2-12H2,1H3. The van der Waals surface area contributed by atoms with Gasteiger partial charge < -0.3 is 5.32 Å². The Morgan fingerprint density at radius 2 is 1.72 bits per heavy atom. The van der Waals surface area contributed by atoms with Gasteiger partial charge >= 0.3 is 0 Å². The van der Waals surface area contributed by atoms with Crippen molar-refractivity contribution in [2.24, 2.45) is 0 Å². The van der Waals surface area contributed by atoms with Crippen LogP contribution in [0.2, 0.25) is 0 Å². The van der Waals surface area contributed by atoms with Crippen LogP contribution in [0.5, 0.6) is 0 Å². The number of likely N-dealkylation sites (tertiary alicyclic amines) is 1. The smallest absolute Gasteiger partial charge is 0.0264 e. The fourth-order valence-corrected chi connectivity index (χ4v) is 4.30. The van der Waals surface area contributed by atoms with Crippen molar-refractivity contribution < 1.29 is 0 Å². The van der Waals surface area contributed by atoms with Crippen LogP contribution in [0, 0.1) is 0 Å². The summed E-state index contributed by atoms with van der Waals surface area (Å²) < 4.78 is 0. The number of nitrogens with one attached hydrogen (secondary N) is 1. The predicted molar refractivity (Wildman–Crippen MR) is 75.9 cm³/mol. The molecule has 0 amide bonds. The van der Waals surface area contributed by atoms with Crippen LogP contribution < -0.4 is 5.32 Å². The second kappa shape index (κ2) is 5.89. The van der Waals surface area contributed by atoms with Crippen LogP contribution in [0.4, 0.5) is 0 Å². The Kier molecular flexibility index (Phi) is 4.22. The summed E-state index contributed by atoms with van der Waals surface area (Å²) >= 11 is 0. The molecule has 0 aromatic rings. The first kappa shape index (κ1) is 12.9. The van der Waals surface area contributed by atoms with Gasteiger partial charge in [-0.25, -0.2) is 0 Å². The molecule has 0 aromatic carbocycles. The summed E-state index contributed by atoms with van der Waals surface area (Å²) in [5.74, 6) is 0. The quantitative estimate of drug-likeness (QED) is 0.820. The number of hydrogen-bond donors (Lipinski definition) is 1. The van der Waals surface area contributed by atoms with Crippen molar-refractivity contribution in [1.82, 2.24) is 15.1 Å². The number of hydrogen-bond acceptors (Lipinski definition) is 3. The molecule has 18 heavy (non-hydrogen) atoms. The molecule has 3 fully saturated rings. The molecule has 0 aromatic heterocycles. The number of nitrogens with zero attached hydrogens (tertiary/aromatic N) is 2. The van der Waals surface area contributed by atoms with E-state index in [0.29, 0.717) is 0 Å². The highest BCUT2D eigenvalue weighted by molar-refractivity contribution is 4.98. The Bertz CT molecular complexity index is 268. The van der Waals surface area contributed by atoms with E-state index >= 15 is 0 Å². The second-order valence-corrected chi connectivity index (χ2v) is 6.39. The average Bonchev–Trinajstić information content (AvgIpc) is 2.99. The van der Waals surface area contributed by atoms with E-state index in [1.807, 2.05) is 0 Å². The summed E-state index contributed by atoms with van der Waals surface area (Å²) in [6.07, 6.45) is 8.35. The Labute approximate surface area is 112 Å². The molecule has 3 rings (SSSR count). The second-order valence-electron chi connectivity index (χ2n) is 6.39. The average molecular weight is 251 g/mol. The lowest BCUT2D eigenvalue weighted by molar-refractivity contribution is 0.115. The first-order chi connectivity index (χ1) is 8.88. The summed E-state index contributed by atoms with van der Waals surface area (Å²) in [7, 11) is 0. The van der Waals surface area contributed by atoms with Crippen LogP contribution in [0.25, 0.3) is 0 Å². The molecule has 3 aliphatic heterocycles. The van der Waals surface area contributed by atoms with Crippen molar-refractivity contribution in [3.05, 3.63) is 0 Å². The molecule has 0 radical (unpaired) electrons. The van der Waals surface area contributed by atoms with Crippen molar-refractivity contribution in [2.45, 2.75) is 63.6 Å². The minimum atomic E-state index is 0.758. The van der Waals surface area contributed by atoms with Gasteiger partial charge in [0, 0.05) is 31.2 Å². The maximum absolute atomic E-state index is 3.73. The van der Waals surface area contributed by atoms with Crippen molar-refractivity contribution in [1.29, 1.82) is 0 Å². The van der Waals surface area contributed by atoms with Crippen LogP contribution in [0.3, 0.4) is 0 Å². The fraction of sp³-hybridized carbons (Fsp3) is 1.00. The first-order valence-corrected chi connectivity index (χ1v) is 8.10. The van der Waals surface area contributed by atoms with Gasteiger partial charge in [0.05, 0.1) is 0 Å². The van der Waals surface area contributed by atoms with Crippen LogP contribution >= 0.6 is 0 Å². The summed E-state index contributed by atoms with van der Waals surface area (Å²) in [5, 5.41) is 3.73.